The van der Waals surface area contributed by atoms with Gasteiger partial charge in [0, 0.05) is 6.20 Å². The minimum atomic E-state index is -3.89. The summed E-state index contributed by atoms with van der Waals surface area (Å²) >= 11 is 0. The van der Waals surface area contributed by atoms with Gasteiger partial charge in [0.25, 0.3) is 7.37 Å². The molecule has 0 spiro atoms. The van der Waals surface area contributed by atoms with E-state index in [1.165, 1.54) is 12.3 Å². The van der Waals surface area contributed by atoms with Crippen molar-refractivity contribution in [3.8, 4) is 0 Å². The number of esters is 1. The maximum Gasteiger partial charge on any atom is 0.348 e. The third-order valence-corrected chi connectivity index (χ3v) is 5.32. The van der Waals surface area contributed by atoms with E-state index >= 15 is 0 Å². The molecule has 1 aromatic heterocycles. The molecule has 2 atom stereocenters. The first-order valence-corrected chi connectivity index (χ1v) is 7.58. The van der Waals surface area contributed by atoms with Gasteiger partial charge < -0.3 is 14.4 Å². The predicted octanol–water partition coefficient (Wildman–Crippen LogP) is 1.29. The smallest absolute Gasteiger partial charge is 0.348 e. The van der Waals surface area contributed by atoms with Gasteiger partial charge >= 0.3 is 5.97 Å². The zero-order valence-corrected chi connectivity index (χ0v) is 12.1. The standard InChI is InChI=1S/C12H18NO5P/c1-4-17-11(14)12(3,15)19(16,18-5-2)10-8-6-7-9-13-10/h6-9,15H,4-5H2,1-3H3. The quantitative estimate of drug-likeness (QED) is 0.627. The van der Waals surface area contributed by atoms with Crippen molar-refractivity contribution in [2.24, 2.45) is 0 Å². The Balaban J connectivity index is 3.27. The van der Waals surface area contributed by atoms with Crippen molar-refractivity contribution < 1.29 is 23.7 Å². The second-order valence-electron chi connectivity index (χ2n) is 3.90. The molecule has 1 rings (SSSR count). The number of carbonyl (C=O) groups excluding carboxylic acids is 1. The van der Waals surface area contributed by atoms with E-state index in [1.54, 1.807) is 26.0 Å². The van der Waals surface area contributed by atoms with Crippen LogP contribution in [-0.2, 0) is 18.6 Å². The summed E-state index contributed by atoms with van der Waals surface area (Å²) in [6, 6.07) is 4.69. The van der Waals surface area contributed by atoms with E-state index in [0.29, 0.717) is 0 Å². The van der Waals surface area contributed by atoms with Gasteiger partial charge in [0.2, 0.25) is 5.34 Å². The number of rotatable bonds is 6. The molecule has 1 heterocycles. The highest BCUT2D eigenvalue weighted by Gasteiger charge is 2.53. The predicted molar refractivity (Wildman–Crippen MR) is 70.4 cm³/mol. The number of aliphatic hydroxyl groups is 1. The number of ether oxygens (including phenoxy) is 1. The average molecular weight is 287 g/mol. The van der Waals surface area contributed by atoms with Gasteiger partial charge in [-0.05, 0) is 32.9 Å². The summed E-state index contributed by atoms with van der Waals surface area (Å²) in [6.07, 6.45) is 1.42. The van der Waals surface area contributed by atoms with Crippen LogP contribution in [0, 0.1) is 0 Å². The Labute approximate surface area is 112 Å². The molecule has 0 aliphatic heterocycles. The van der Waals surface area contributed by atoms with E-state index in [4.69, 9.17) is 9.26 Å². The minimum Gasteiger partial charge on any atom is -0.463 e. The Morgan fingerprint density at radius 2 is 2.11 bits per heavy atom. The molecule has 0 bridgehead atoms. The fourth-order valence-corrected chi connectivity index (χ4v) is 3.51. The number of aromatic nitrogens is 1. The highest BCUT2D eigenvalue weighted by atomic mass is 31.2. The summed E-state index contributed by atoms with van der Waals surface area (Å²) in [5.74, 6) is -0.988. The third-order valence-electron chi connectivity index (χ3n) is 2.50. The van der Waals surface area contributed by atoms with Crippen LogP contribution in [0.2, 0.25) is 0 Å². The number of pyridine rings is 1. The summed E-state index contributed by atoms with van der Waals surface area (Å²) in [6.45, 7) is 4.49. The molecular weight excluding hydrogens is 269 g/mol. The third kappa shape index (κ3) is 3.03. The van der Waals surface area contributed by atoms with Gasteiger partial charge in [0.1, 0.15) is 5.44 Å². The van der Waals surface area contributed by atoms with Crippen LogP contribution < -0.4 is 5.44 Å². The number of nitrogens with zero attached hydrogens (tertiary/aromatic N) is 1. The Bertz CT molecular complexity index is 474. The number of hydrogen-bond donors (Lipinski definition) is 1. The van der Waals surface area contributed by atoms with E-state index in [-0.39, 0.29) is 18.6 Å². The molecule has 0 aliphatic carbocycles. The average Bonchev–Trinajstić information content (AvgIpc) is 2.40. The van der Waals surface area contributed by atoms with Crippen LogP contribution >= 0.6 is 7.37 Å². The Hall–Kier alpha value is -1.23. The van der Waals surface area contributed by atoms with E-state index in [0.717, 1.165) is 6.92 Å². The molecule has 0 aliphatic rings. The summed E-state index contributed by atoms with van der Waals surface area (Å²) in [5.41, 5.74) is 0.0369. The lowest BCUT2D eigenvalue weighted by molar-refractivity contribution is -0.156. The second kappa shape index (κ2) is 6.28. The molecule has 7 heteroatoms. The topological polar surface area (TPSA) is 85.7 Å². The molecule has 1 N–H and O–H groups in total. The largest absolute Gasteiger partial charge is 0.463 e. The summed E-state index contributed by atoms with van der Waals surface area (Å²) in [4.78, 5) is 15.7. The summed E-state index contributed by atoms with van der Waals surface area (Å²) < 4.78 is 22.9. The zero-order chi connectivity index (χ0) is 14.5. The molecule has 1 aromatic rings. The molecule has 0 amide bonds. The van der Waals surface area contributed by atoms with E-state index < -0.39 is 18.7 Å². The first-order valence-electron chi connectivity index (χ1n) is 5.96. The molecule has 0 fully saturated rings. The van der Waals surface area contributed by atoms with Gasteiger partial charge in [-0.15, -0.1) is 0 Å². The van der Waals surface area contributed by atoms with Crippen molar-refractivity contribution >= 4 is 18.8 Å². The summed E-state index contributed by atoms with van der Waals surface area (Å²) in [5, 5.41) is 8.04. The molecule has 2 unspecified atom stereocenters. The van der Waals surface area contributed by atoms with Gasteiger partial charge in [0.15, 0.2) is 0 Å². The highest BCUT2D eigenvalue weighted by Crippen LogP contribution is 2.56. The van der Waals surface area contributed by atoms with Crippen LogP contribution in [0.4, 0.5) is 0 Å². The maximum absolute atomic E-state index is 12.9. The van der Waals surface area contributed by atoms with Crippen LogP contribution in [0.1, 0.15) is 20.8 Å². The number of carbonyl (C=O) groups is 1. The van der Waals surface area contributed by atoms with Crippen LogP contribution in [0.25, 0.3) is 0 Å². The maximum atomic E-state index is 12.9. The van der Waals surface area contributed by atoms with Crippen molar-refractivity contribution in [2.45, 2.75) is 26.1 Å². The first kappa shape index (κ1) is 15.8. The second-order valence-corrected chi connectivity index (χ2v) is 6.59. The van der Waals surface area contributed by atoms with E-state index in [9.17, 15) is 14.5 Å². The zero-order valence-electron chi connectivity index (χ0n) is 11.2. The highest BCUT2D eigenvalue weighted by molar-refractivity contribution is 7.69. The van der Waals surface area contributed by atoms with Gasteiger partial charge in [-0.3, -0.25) is 9.55 Å². The SMILES string of the molecule is CCOC(=O)C(C)(O)P(=O)(OCC)c1ccccn1. The molecule has 0 aromatic carbocycles. The Kier molecular flexibility index (Phi) is 5.23. The lowest BCUT2D eigenvalue weighted by Crippen LogP contribution is -2.41. The fourth-order valence-electron chi connectivity index (χ4n) is 1.51. The van der Waals surface area contributed by atoms with Crippen molar-refractivity contribution in [2.75, 3.05) is 13.2 Å². The van der Waals surface area contributed by atoms with Crippen molar-refractivity contribution in [1.29, 1.82) is 0 Å². The molecular formula is C12H18NO5P. The van der Waals surface area contributed by atoms with Crippen LogP contribution in [-0.4, -0.2) is 34.6 Å². The monoisotopic (exact) mass is 287 g/mol. The molecule has 19 heavy (non-hydrogen) atoms. The fraction of sp³-hybridized carbons (Fsp3) is 0.500. The normalized spacial score (nSPS) is 17.3. The van der Waals surface area contributed by atoms with Crippen LogP contribution in [0.5, 0.6) is 0 Å². The Morgan fingerprint density at radius 1 is 1.42 bits per heavy atom. The van der Waals surface area contributed by atoms with Crippen molar-refractivity contribution in [1.82, 2.24) is 4.98 Å². The lowest BCUT2D eigenvalue weighted by atomic mass is 10.4. The van der Waals surface area contributed by atoms with Gasteiger partial charge in [-0.2, -0.15) is 0 Å². The number of hydrogen-bond acceptors (Lipinski definition) is 6. The molecule has 6 nitrogen and oxygen atoms in total. The molecule has 0 saturated heterocycles. The van der Waals surface area contributed by atoms with Crippen LogP contribution in [0.3, 0.4) is 0 Å². The van der Waals surface area contributed by atoms with E-state index in [2.05, 4.69) is 4.98 Å². The van der Waals surface area contributed by atoms with Crippen molar-refractivity contribution in [3.63, 3.8) is 0 Å². The minimum absolute atomic E-state index is 0.0369. The first-order chi connectivity index (χ1) is 8.90. The molecule has 0 radical (unpaired) electrons. The Morgan fingerprint density at radius 3 is 2.58 bits per heavy atom. The van der Waals surface area contributed by atoms with E-state index in [1.807, 2.05) is 0 Å². The van der Waals surface area contributed by atoms with Crippen molar-refractivity contribution in [3.05, 3.63) is 24.4 Å². The molecule has 106 valence electrons. The van der Waals surface area contributed by atoms with Gasteiger partial charge in [0.05, 0.1) is 13.2 Å². The lowest BCUT2D eigenvalue weighted by Gasteiger charge is -2.29. The van der Waals surface area contributed by atoms with Crippen LogP contribution in [0.15, 0.2) is 24.4 Å². The van der Waals surface area contributed by atoms with Gasteiger partial charge in [-0.25, -0.2) is 4.79 Å². The summed E-state index contributed by atoms with van der Waals surface area (Å²) in [7, 11) is -3.89. The van der Waals surface area contributed by atoms with Gasteiger partial charge in [-0.1, -0.05) is 6.07 Å². The molecule has 0 saturated carbocycles.